The van der Waals surface area contributed by atoms with Crippen LogP contribution in [-0.4, -0.2) is 96.7 Å². The van der Waals surface area contributed by atoms with E-state index < -0.39 is 97.5 Å². The van der Waals surface area contributed by atoms with Gasteiger partial charge in [0.2, 0.25) is 0 Å². The van der Waals surface area contributed by atoms with Gasteiger partial charge in [-0.3, -0.25) is 37.3 Å². The van der Waals surface area contributed by atoms with Gasteiger partial charge in [0.05, 0.1) is 26.4 Å². The Morgan fingerprint density at radius 1 is 0.284 bits per heavy atom. The summed E-state index contributed by atoms with van der Waals surface area (Å²) in [6.07, 6.45) is 62.9. The van der Waals surface area contributed by atoms with E-state index in [1.54, 1.807) is 0 Å². The van der Waals surface area contributed by atoms with Gasteiger partial charge in [0.15, 0.2) is 12.2 Å². The van der Waals surface area contributed by atoms with Gasteiger partial charge in [0.1, 0.15) is 19.3 Å². The van der Waals surface area contributed by atoms with Crippen molar-refractivity contribution in [3.63, 3.8) is 0 Å². The molecule has 0 amide bonds. The van der Waals surface area contributed by atoms with Gasteiger partial charge in [-0.2, -0.15) is 0 Å². The van der Waals surface area contributed by atoms with Crippen molar-refractivity contribution in [3.05, 3.63) is 0 Å². The summed E-state index contributed by atoms with van der Waals surface area (Å²) in [7, 11) is -9.92. The molecule has 3 unspecified atom stereocenters. The quantitative estimate of drug-likeness (QED) is 0.0222. The number of hydrogen-bond donors (Lipinski definition) is 3. The van der Waals surface area contributed by atoms with Gasteiger partial charge < -0.3 is 33.8 Å². The third-order valence-corrected chi connectivity index (χ3v) is 21.6. The van der Waals surface area contributed by atoms with Gasteiger partial charge in [-0.1, -0.05) is 382 Å². The number of carbonyl (C=O) groups excluding carboxylic acids is 4. The molecule has 0 saturated carbocycles. The van der Waals surface area contributed by atoms with Crippen molar-refractivity contribution in [1.29, 1.82) is 0 Å². The molecule has 0 radical (unpaired) electrons. The minimum absolute atomic E-state index is 0.103. The van der Waals surface area contributed by atoms with E-state index in [1.807, 2.05) is 0 Å². The average molecular weight is 1490 g/mol. The molecule has 0 saturated heterocycles. The van der Waals surface area contributed by atoms with E-state index >= 15 is 0 Å². The lowest BCUT2D eigenvalue weighted by molar-refractivity contribution is -0.161. The molecule has 0 spiro atoms. The molecule has 0 aromatic carbocycles. The van der Waals surface area contributed by atoms with Crippen molar-refractivity contribution in [3.8, 4) is 0 Å². The molecule has 17 nitrogen and oxygen atoms in total. The summed E-state index contributed by atoms with van der Waals surface area (Å²) in [5, 5.41) is 10.6. The Morgan fingerprint density at radius 2 is 0.500 bits per heavy atom. The maximum atomic E-state index is 13.1. The molecule has 0 aromatic rings. The van der Waals surface area contributed by atoms with Crippen LogP contribution >= 0.6 is 15.6 Å². The molecule has 0 bridgehead atoms. The summed E-state index contributed by atoms with van der Waals surface area (Å²) in [4.78, 5) is 73.0. The molecule has 102 heavy (non-hydrogen) atoms. The number of hydrogen-bond acceptors (Lipinski definition) is 15. The normalized spacial score (nSPS) is 14.2. The highest BCUT2D eigenvalue weighted by atomic mass is 31.2. The Kier molecular flexibility index (Phi) is 71.8. The third-order valence-electron chi connectivity index (χ3n) is 19.7. The molecule has 0 aliphatic carbocycles. The highest BCUT2D eigenvalue weighted by molar-refractivity contribution is 7.47. The molecule has 0 aliphatic heterocycles. The van der Waals surface area contributed by atoms with E-state index in [2.05, 4.69) is 48.5 Å². The minimum Gasteiger partial charge on any atom is -0.462 e. The highest BCUT2D eigenvalue weighted by Crippen LogP contribution is 2.45. The fourth-order valence-electron chi connectivity index (χ4n) is 12.8. The lowest BCUT2D eigenvalue weighted by Gasteiger charge is -2.21. The van der Waals surface area contributed by atoms with Crippen LogP contribution in [0.15, 0.2) is 0 Å². The first-order chi connectivity index (χ1) is 49.3. The van der Waals surface area contributed by atoms with E-state index in [0.29, 0.717) is 31.6 Å². The number of esters is 4. The fraction of sp³-hybridized carbons (Fsp3) is 0.952. The molecule has 606 valence electrons. The van der Waals surface area contributed by atoms with Gasteiger partial charge in [-0.15, -0.1) is 0 Å². The smallest absolute Gasteiger partial charge is 0.462 e. The molecular weight excluding hydrogens is 1330 g/mol. The van der Waals surface area contributed by atoms with E-state index in [-0.39, 0.29) is 25.7 Å². The van der Waals surface area contributed by atoms with Crippen LogP contribution in [-0.2, 0) is 65.4 Å². The number of phosphoric acid groups is 2. The fourth-order valence-corrected chi connectivity index (χ4v) is 14.4. The largest absolute Gasteiger partial charge is 0.472 e. The third kappa shape index (κ3) is 74.9. The Balaban J connectivity index is 5.18. The van der Waals surface area contributed by atoms with Crippen LogP contribution in [0.3, 0.4) is 0 Å². The van der Waals surface area contributed by atoms with E-state index in [4.69, 9.17) is 37.0 Å². The number of aliphatic hydroxyl groups excluding tert-OH is 1. The lowest BCUT2D eigenvalue weighted by atomic mass is 10.00. The van der Waals surface area contributed by atoms with Gasteiger partial charge in [-0.25, -0.2) is 9.13 Å². The first kappa shape index (κ1) is 100. The van der Waals surface area contributed by atoms with Gasteiger partial charge >= 0.3 is 39.5 Å². The zero-order valence-electron chi connectivity index (χ0n) is 67.1. The molecule has 0 fully saturated rings. The SMILES string of the molecule is CCCCCCCCCCCCCCCCCCCCCCCC(=O)OC[C@H](COP(=O)(O)OC[C@@H](O)COP(=O)(O)OC[C@@H](COC(=O)CCCCCCCCC(C)CC)OC(=O)CCCCCCCCCC(C)C)OC(=O)CCCCCCCCCCCCCCCCCCCCC(C)C. The molecular formula is C83H162O17P2. The van der Waals surface area contributed by atoms with Gasteiger partial charge in [0.25, 0.3) is 0 Å². The van der Waals surface area contributed by atoms with Crippen molar-refractivity contribution < 1.29 is 80.2 Å². The maximum Gasteiger partial charge on any atom is 0.472 e. The van der Waals surface area contributed by atoms with Crippen molar-refractivity contribution in [2.75, 3.05) is 39.6 Å². The molecule has 6 atom stereocenters. The van der Waals surface area contributed by atoms with Crippen molar-refractivity contribution in [1.82, 2.24) is 0 Å². The van der Waals surface area contributed by atoms with Gasteiger partial charge in [0, 0.05) is 25.7 Å². The number of rotatable bonds is 81. The second-order valence-electron chi connectivity index (χ2n) is 31.1. The van der Waals surface area contributed by atoms with Crippen LogP contribution in [0.2, 0.25) is 0 Å². The molecule has 0 aromatic heterocycles. The zero-order valence-corrected chi connectivity index (χ0v) is 68.9. The second kappa shape index (κ2) is 73.2. The minimum atomic E-state index is -4.96. The summed E-state index contributed by atoms with van der Waals surface area (Å²) >= 11 is 0. The van der Waals surface area contributed by atoms with Crippen molar-refractivity contribution in [2.45, 2.75) is 452 Å². The van der Waals surface area contributed by atoms with Crippen molar-refractivity contribution >= 4 is 39.5 Å². The number of aliphatic hydroxyl groups is 1. The first-order valence-electron chi connectivity index (χ1n) is 42.9. The second-order valence-corrected chi connectivity index (χ2v) is 34.0. The van der Waals surface area contributed by atoms with Crippen LogP contribution in [0, 0.1) is 17.8 Å². The highest BCUT2D eigenvalue weighted by Gasteiger charge is 2.30. The zero-order chi connectivity index (χ0) is 75.1. The Morgan fingerprint density at radius 3 is 0.745 bits per heavy atom. The average Bonchev–Trinajstić information content (AvgIpc) is 0.928. The predicted molar refractivity (Wildman–Crippen MR) is 418 cm³/mol. The molecule has 3 N–H and O–H groups in total. The van der Waals surface area contributed by atoms with Crippen LogP contribution in [0.5, 0.6) is 0 Å². The van der Waals surface area contributed by atoms with Crippen LogP contribution in [0.25, 0.3) is 0 Å². The first-order valence-corrected chi connectivity index (χ1v) is 45.9. The summed E-state index contributed by atoms with van der Waals surface area (Å²) in [6.45, 7) is 11.9. The summed E-state index contributed by atoms with van der Waals surface area (Å²) in [5.74, 6) is 0.132. The number of ether oxygens (including phenoxy) is 4. The summed E-state index contributed by atoms with van der Waals surface area (Å²) in [6, 6.07) is 0. The monoisotopic (exact) mass is 1490 g/mol. The summed E-state index contributed by atoms with van der Waals surface area (Å²) < 4.78 is 68.7. The molecule has 19 heteroatoms. The Bertz CT molecular complexity index is 1980. The number of unbranched alkanes of at least 4 members (excludes halogenated alkanes) is 48. The maximum absolute atomic E-state index is 13.1. The molecule has 0 aliphatic rings. The number of carbonyl (C=O) groups is 4. The molecule has 0 rings (SSSR count). The molecule has 0 heterocycles. The summed E-state index contributed by atoms with van der Waals surface area (Å²) in [5.41, 5.74) is 0. The van der Waals surface area contributed by atoms with E-state index in [9.17, 15) is 43.2 Å². The van der Waals surface area contributed by atoms with E-state index in [1.165, 1.54) is 238 Å². The topological polar surface area (TPSA) is 237 Å². The standard InChI is InChI=1S/C83H162O17P2/c1-8-10-11-12-13-14-15-16-17-18-19-20-21-25-28-31-34-37-42-50-57-64-80(85)93-70-78(99-82(87)66-59-52-43-38-35-32-29-26-23-22-24-27-30-33-36-40-47-54-61-74(3)4)72-97-101(89,90)95-68-77(84)69-96-102(91,92)98-73-79(100-83(88)67-60-53-44-39-41-48-55-62-75(5)6)71-94-81(86)65-58-51-46-45-49-56-63-76(7)9-2/h74-79,84H,8-73H2,1-7H3,(H,89,90)(H,91,92)/t76?,77-,78-,79-/m1/s1. The van der Waals surface area contributed by atoms with E-state index in [0.717, 1.165) is 108 Å². The number of phosphoric ester groups is 2. The van der Waals surface area contributed by atoms with Crippen LogP contribution in [0.1, 0.15) is 434 Å². The lowest BCUT2D eigenvalue weighted by Crippen LogP contribution is -2.30. The van der Waals surface area contributed by atoms with Crippen LogP contribution < -0.4 is 0 Å². The van der Waals surface area contributed by atoms with Crippen LogP contribution in [0.4, 0.5) is 0 Å². The van der Waals surface area contributed by atoms with Gasteiger partial charge in [-0.05, 0) is 43.4 Å². The van der Waals surface area contributed by atoms with Crippen molar-refractivity contribution in [2.24, 2.45) is 17.8 Å². The Hall–Kier alpha value is -1.94. The Labute approximate surface area is 626 Å². The predicted octanol–water partition coefficient (Wildman–Crippen LogP) is 24.9.